The predicted molar refractivity (Wildman–Crippen MR) is 66.0 cm³/mol. The van der Waals surface area contributed by atoms with Crippen molar-refractivity contribution in [3.05, 3.63) is 40.4 Å². The lowest BCUT2D eigenvalue weighted by Gasteiger charge is -2.10. The maximum atomic E-state index is 11.0. The van der Waals surface area contributed by atoms with Crippen LogP contribution in [-0.2, 0) is 0 Å². The Bertz CT molecular complexity index is 413. The van der Waals surface area contributed by atoms with Gasteiger partial charge in [0.05, 0.1) is 0 Å². The summed E-state index contributed by atoms with van der Waals surface area (Å²) in [6, 6.07) is 4.90. The largest absolute Gasteiger partial charge is 0.488 e. The van der Waals surface area contributed by atoms with Gasteiger partial charge in [-0.05, 0) is 30.2 Å². The van der Waals surface area contributed by atoms with E-state index in [1.54, 1.807) is 12.1 Å². The van der Waals surface area contributed by atoms with Crippen LogP contribution in [0.3, 0.4) is 0 Å². The number of hydrogen-bond donors (Lipinski definition) is 1. The molecule has 1 aromatic rings. The van der Waals surface area contributed by atoms with Crippen molar-refractivity contribution in [1.82, 2.24) is 0 Å². The van der Waals surface area contributed by atoms with Crippen molar-refractivity contribution in [2.24, 2.45) is 0 Å². The summed E-state index contributed by atoms with van der Waals surface area (Å²) < 4.78 is 6.12. The fourth-order valence-electron chi connectivity index (χ4n) is 1.08. The van der Waals surface area contributed by atoms with Gasteiger partial charge in [0.25, 0.3) is 0 Å². The number of carboxylic acid groups (broad SMARTS) is 1. The quantitative estimate of drug-likeness (QED) is 0.842. The van der Waals surface area contributed by atoms with Crippen molar-refractivity contribution in [3.8, 4) is 5.75 Å². The van der Waals surface area contributed by atoms with E-state index in [4.69, 9.17) is 9.84 Å². The monoisotopic (exact) mass is 284 g/mol. The molecule has 0 saturated heterocycles. The number of ether oxygens (including phenoxy) is 1. The zero-order valence-corrected chi connectivity index (χ0v) is 10.6. The topological polar surface area (TPSA) is 46.5 Å². The third-order valence-electron chi connectivity index (χ3n) is 2.10. The molecule has 0 saturated carbocycles. The molecule has 0 aliphatic heterocycles. The van der Waals surface area contributed by atoms with Crippen molar-refractivity contribution in [2.45, 2.75) is 13.3 Å². The summed E-state index contributed by atoms with van der Waals surface area (Å²) in [7, 11) is 0. The van der Waals surface area contributed by atoms with Gasteiger partial charge < -0.3 is 9.84 Å². The highest BCUT2D eigenvalue weighted by Crippen LogP contribution is 2.23. The number of hydrogen-bond acceptors (Lipinski definition) is 2. The number of halogens is 1. The van der Waals surface area contributed by atoms with Crippen molar-refractivity contribution < 1.29 is 14.6 Å². The van der Waals surface area contributed by atoms with Gasteiger partial charge in [-0.2, -0.15) is 0 Å². The normalized spacial score (nSPS) is 9.88. The molecule has 0 fully saturated rings. The van der Waals surface area contributed by atoms with Gasteiger partial charge in [-0.1, -0.05) is 29.4 Å². The summed E-state index contributed by atoms with van der Waals surface area (Å²) in [6.45, 7) is 6.12. The molecule has 3 nitrogen and oxygen atoms in total. The Morgan fingerprint density at radius 2 is 2.25 bits per heavy atom. The molecule has 0 bridgehead atoms. The van der Waals surface area contributed by atoms with Crippen LogP contribution < -0.4 is 4.74 Å². The lowest BCUT2D eigenvalue weighted by atomic mass is 10.2. The number of carbonyl (C=O) groups is 1. The summed E-state index contributed by atoms with van der Waals surface area (Å²) in [6.07, 6.45) is 0.818. The van der Waals surface area contributed by atoms with E-state index >= 15 is 0 Å². The van der Waals surface area contributed by atoms with Crippen LogP contribution in [0.5, 0.6) is 5.75 Å². The minimum absolute atomic E-state index is 0.151. The van der Waals surface area contributed by atoms with Gasteiger partial charge in [0, 0.05) is 4.47 Å². The van der Waals surface area contributed by atoms with Gasteiger partial charge in [-0.25, -0.2) is 4.79 Å². The van der Waals surface area contributed by atoms with Gasteiger partial charge in [0.1, 0.15) is 17.9 Å². The molecule has 4 heteroatoms. The first-order valence-corrected chi connectivity index (χ1v) is 5.66. The molecule has 1 rings (SSSR count). The Labute approximate surface area is 103 Å². The third-order valence-corrected chi connectivity index (χ3v) is 2.60. The van der Waals surface area contributed by atoms with Gasteiger partial charge in [0.15, 0.2) is 0 Å². The summed E-state index contributed by atoms with van der Waals surface area (Å²) in [5.74, 6) is -0.635. The van der Waals surface area contributed by atoms with E-state index in [2.05, 4.69) is 22.5 Å². The van der Waals surface area contributed by atoms with Crippen molar-refractivity contribution in [3.63, 3.8) is 0 Å². The molecule has 0 aromatic heterocycles. The first-order valence-electron chi connectivity index (χ1n) is 4.87. The minimum Gasteiger partial charge on any atom is -0.488 e. The molecule has 0 atom stereocenters. The van der Waals surface area contributed by atoms with Crippen molar-refractivity contribution >= 4 is 21.9 Å². The van der Waals surface area contributed by atoms with Gasteiger partial charge in [-0.3, -0.25) is 0 Å². The molecule has 0 unspecified atom stereocenters. The number of aromatic carboxylic acids is 1. The number of benzene rings is 1. The van der Waals surface area contributed by atoms with Crippen LogP contribution in [0.1, 0.15) is 23.7 Å². The molecular formula is C12H13BrO3. The molecule has 16 heavy (non-hydrogen) atoms. The summed E-state index contributed by atoms with van der Waals surface area (Å²) in [5.41, 5.74) is 1.08. The molecule has 0 aliphatic carbocycles. The highest BCUT2D eigenvalue weighted by Gasteiger charge is 2.11. The van der Waals surface area contributed by atoms with E-state index in [1.807, 2.05) is 6.92 Å². The lowest BCUT2D eigenvalue weighted by molar-refractivity contribution is 0.0692. The van der Waals surface area contributed by atoms with E-state index in [9.17, 15) is 4.79 Å². The second-order valence-electron chi connectivity index (χ2n) is 3.34. The zero-order chi connectivity index (χ0) is 12.1. The lowest BCUT2D eigenvalue weighted by Crippen LogP contribution is -2.05. The molecule has 0 heterocycles. The molecule has 1 N–H and O–H groups in total. The van der Waals surface area contributed by atoms with Gasteiger partial charge >= 0.3 is 5.97 Å². The summed E-state index contributed by atoms with van der Waals surface area (Å²) in [4.78, 5) is 11.0. The van der Waals surface area contributed by atoms with Crippen LogP contribution in [0.15, 0.2) is 34.8 Å². The fourth-order valence-corrected chi connectivity index (χ4v) is 1.44. The molecular weight excluding hydrogens is 272 g/mol. The molecule has 0 radical (unpaired) electrons. The first-order chi connectivity index (χ1) is 7.54. The minimum atomic E-state index is -1.00. The van der Waals surface area contributed by atoms with E-state index < -0.39 is 5.97 Å². The third kappa shape index (κ3) is 3.38. The second kappa shape index (κ2) is 5.70. The van der Waals surface area contributed by atoms with E-state index in [-0.39, 0.29) is 5.56 Å². The SMILES string of the molecule is C=C(CC)COc1ccc(Br)cc1C(=O)O. The molecule has 1 aromatic carbocycles. The van der Waals surface area contributed by atoms with Gasteiger partial charge in [-0.15, -0.1) is 0 Å². The van der Waals surface area contributed by atoms with Crippen LogP contribution >= 0.6 is 15.9 Å². The summed E-state index contributed by atoms with van der Waals surface area (Å²) >= 11 is 3.22. The predicted octanol–water partition coefficient (Wildman–Crippen LogP) is 3.49. The highest BCUT2D eigenvalue weighted by molar-refractivity contribution is 9.10. The smallest absolute Gasteiger partial charge is 0.339 e. The maximum Gasteiger partial charge on any atom is 0.339 e. The molecule has 0 aliphatic rings. The van der Waals surface area contributed by atoms with E-state index in [1.165, 1.54) is 6.07 Å². The van der Waals surface area contributed by atoms with E-state index in [0.717, 1.165) is 12.0 Å². The van der Waals surface area contributed by atoms with Crippen molar-refractivity contribution in [2.75, 3.05) is 6.61 Å². The van der Waals surface area contributed by atoms with Crippen LogP contribution in [0, 0.1) is 0 Å². The highest BCUT2D eigenvalue weighted by atomic mass is 79.9. The van der Waals surface area contributed by atoms with Crippen LogP contribution in [-0.4, -0.2) is 17.7 Å². The zero-order valence-electron chi connectivity index (χ0n) is 9.00. The Hall–Kier alpha value is -1.29. The number of carboxylic acids is 1. The summed E-state index contributed by atoms with van der Waals surface area (Å²) in [5, 5.41) is 8.99. The molecule has 0 spiro atoms. The molecule has 0 amide bonds. The van der Waals surface area contributed by atoms with E-state index in [0.29, 0.717) is 16.8 Å². The van der Waals surface area contributed by atoms with Crippen molar-refractivity contribution in [1.29, 1.82) is 0 Å². The Morgan fingerprint density at radius 1 is 1.56 bits per heavy atom. The number of rotatable bonds is 5. The Balaban J connectivity index is 2.87. The average molecular weight is 285 g/mol. The fraction of sp³-hybridized carbons (Fsp3) is 0.250. The maximum absolute atomic E-state index is 11.0. The second-order valence-corrected chi connectivity index (χ2v) is 4.25. The van der Waals surface area contributed by atoms with Crippen LogP contribution in [0.25, 0.3) is 0 Å². The Kier molecular flexibility index (Phi) is 4.55. The van der Waals surface area contributed by atoms with Crippen LogP contribution in [0.4, 0.5) is 0 Å². The van der Waals surface area contributed by atoms with Crippen LogP contribution in [0.2, 0.25) is 0 Å². The average Bonchev–Trinajstić information content (AvgIpc) is 2.26. The standard InChI is InChI=1S/C12H13BrO3/c1-3-8(2)7-16-11-5-4-9(13)6-10(11)12(14)15/h4-6H,2-3,7H2,1H3,(H,14,15). The molecule has 86 valence electrons. The van der Waals surface area contributed by atoms with Gasteiger partial charge in [0.2, 0.25) is 0 Å². The first kappa shape index (κ1) is 12.8. The Morgan fingerprint density at radius 3 is 2.81 bits per heavy atom.